The number of ether oxygens (including phenoxy) is 1. The second-order valence-corrected chi connectivity index (χ2v) is 5.66. The molecular formula is C18H14ClFN4O2. The average molecular weight is 373 g/mol. The second-order valence-electron chi connectivity index (χ2n) is 5.28. The van der Waals surface area contributed by atoms with Crippen molar-refractivity contribution >= 4 is 23.5 Å². The van der Waals surface area contributed by atoms with Gasteiger partial charge in [-0.1, -0.05) is 35.9 Å². The molecule has 1 heterocycles. The number of nitrogens with zero attached hydrogens (tertiary/aromatic N) is 2. The van der Waals surface area contributed by atoms with Crippen molar-refractivity contribution < 1.29 is 9.13 Å². The number of H-pyrrole nitrogens is 1. The lowest BCUT2D eigenvalue weighted by atomic mass is 10.2. The van der Waals surface area contributed by atoms with Crippen molar-refractivity contribution in [2.24, 2.45) is 5.10 Å². The van der Waals surface area contributed by atoms with Crippen LogP contribution in [0.3, 0.4) is 0 Å². The topological polar surface area (TPSA) is 79.4 Å². The Labute approximate surface area is 153 Å². The fourth-order valence-electron chi connectivity index (χ4n) is 2.07. The number of rotatable bonds is 6. The lowest BCUT2D eigenvalue weighted by molar-refractivity contribution is 0.306. The predicted octanol–water partition coefficient (Wildman–Crippen LogP) is 3.59. The zero-order chi connectivity index (χ0) is 18.4. The van der Waals surface area contributed by atoms with Crippen LogP contribution in [0.15, 0.2) is 64.6 Å². The third kappa shape index (κ3) is 4.67. The largest absolute Gasteiger partial charge is 0.489 e. The molecular weight excluding hydrogens is 359 g/mol. The van der Waals surface area contributed by atoms with Crippen LogP contribution in [-0.2, 0) is 6.61 Å². The molecule has 132 valence electrons. The molecule has 26 heavy (non-hydrogen) atoms. The number of hydrogen-bond acceptors (Lipinski definition) is 5. The Hall–Kier alpha value is -3.19. The number of benzene rings is 2. The van der Waals surface area contributed by atoms with Crippen LogP contribution in [0.2, 0.25) is 5.02 Å². The van der Waals surface area contributed by atoms with Crippen LogP contribution in [0.5, 0.6) is 5.75 Å². The molecule has 0 atom stereocenters. The zero-order valence-corrected chi connectivity index (χ0v) is 14.2. The third-order valence-electron chi connectivity index (χ3n) is 3.37. The molecule has 2 aromatic carbocycles. The molecule has 3 aromatic rings. The van der Waals surface area contributed by atoms with Crippen LogP contribution in [0.25, 0.3) is 0 Å². The van der Waals surface area contributed by atoms with Crippen molar-refractivity contribution in [3.05, 3.63) is 87.0 Å². The molecule has 0 aliphatic carbocycles. The van der Waals surface area contributed by atoms with E-state index >= 15 is 0 Å². The Balaban J connectivity index is 1.62. The van der Waals surface area contributed by atoms with Gasteiger partial charge in [-0.15, -0.1) is 0 Å². The number of aromatic amines is 1. The fourth-order valence-corrected chi connectivity index (χ4v) is 2.20. The van der Waals surface area contributed by atoms with Gasteiger partial charge in [0, 0.05) is 0 Å². The highest BCUT2D eigenvalue weighted by Gasteiger charge is 2.03. The molecule has 0 radical (unpaired) electrons. The van der Waals surface area contributed by atoms with Gasteiger partial charge in [-0.3, -0.25) is 10.2 Å². The quantitative estimate of drug-likeness (QED) is 0.512. The van der Waals surface area contributed by atoms with Crippen molar-refractivity contribution in [2.45, 2.75) is 6.61 Å². The first kappa shape index (κ1) is 17.6. The lowest BCUT2D eigenvalue weighted by Gasteiger charge is -2.07. The maximum Gasteiger partial charge on any atom is 0.285 e. The van der Waals surface area contributed by atoms with Crippen molar-refractivity contribution in [3.8, 4) is 5.75 Å². The summed E-state index contributed by atoms with van der Waals surface area (Å²) in [5, 5.41) is 9.87. The van der Waals surface area contributed by atoms with E-state index < -0.39 is 5.56 Å². The number of halogens is 2. The minimum Gasteiger partial charge on any atom is -0.489 e. The highest BCUT2D eigenvalue weighted by Crippen LogP contribution is 2.16. The van der Waals surface area contributed by atoms with E-state index in [0.717, 1.165) is 11.1 Å². The summed E-state index contributed by atoms with van der Waals surface area (Å²) in [6.07, 6.45) is 2.92. The molecule has 0 fully saturated rings. The monoisotopic (exact) mass is 372 g/mol. The van der Waals surface area contributed by atoms with Crippen molar-refractivity contribution in [2.75, 3.05) is 5.43 Å². The van der Waals surface area contributed by atoms with Gasteiger partial charge in [-0.25, -0.2) is 9.49 Å². The van der Waals surface area contributed by atoms with E-state index in [0.29, 0.717) is 18.0 Å². The maximum atomic E-state index is 12.9. The van der Waals surface area contributed by atoms with Crippen LogP contribution in [-0.4, -0.2) is 16.4 Å². The van der Waals surface area contributed by atoms with Crippen molar-refractivity contribution in [3.63, 3.8) is 0 Å². The molecule has 8 heteroatoms. The molecule has 0 spiro atoms. The van der Waals surface area contributed by atoms with E-state index in [1.54, 1.807) is 24.4 Å². The lowest BCUT2D eigenvalue weighted by Crippen LogP contribution is -2.10. The second kappa shape index (κ2) is 8.26. The molecule has 0 aliphatic rings. The van der Waals surface area contributed by atoms with Gasteiger partial charge in [0.25, 0.3) is 5.56 Å². The summed E-state index contributed by atoms with van der Waals surface area (Å²) in [6.45, 7) is 0.327. The summed E-state index contributed by atoms with van der Waals surface area (Å²) in [6, 6.07) is 13.4. The maximum absolute atomic E-state index is 12.9. The van der Waals surface area contributed by atoms with E-state index in [9.17, 15) is 9.18 Å². The average Bonchev–Trinajstić information content (AvgIpc) is 2.65. The van der Waals surface area contributed by atoms with Gasteiger partial charge in [0.2, 0.25) is 0 Å². The molecule has 1 aromatic heterocycles. The molecule has 0 unspecified atom stereocenters. The van der Waals surface area contributed by atoms with Gasteiger partial charge in [0.15, 0.2) is 0 Å². The first-order valence-electron chi connectivity index (χ1n) is 7.61. The Morgan fingerprint density at radius 2 is 2.08 bits per heavy atom. The molecule has 0 saturated carbocycles. The summed E-state index contributed by atoms with van der Waals surface area (Å²) in [5.41, 5.74) is 4.11. The minimum absolute atomic E-state index is 0.0199. The summed E-state index contributed by atoms with van der Waals surface area (Å²) < 4.78 is 18.6. The van der Waals surface area contributed by atoms with Crippen molar-refractivity contribution in [1.29, 1.82) is 0 Å². The summed E-state index contributed by atoms with van der Waals surface area (Å²) in [5.74, 6) is 0.365. The Morgan fingerprint density at radius 3 is 2.88 bits per heavy atom. The number of aromatic nitrogens is 2. The normalized spacial score (nSPS) is 10.8. The van der Waals surface area contributed by atoms with Gasteiger partial charge in [0.1, 0.15) is 28.9 Å². The Morgan fingerprint density at radius 1 is 1.27 bits per heavy atom. The van der Waals surface area contributed by atoms with Gasteiger partial charge < -0.3 is 4.74 Å². The van der Waals surface area contributed by atoms with Gasteiger partial charge in [-0.2, -0.15) is 10.2 Å². The molecule has 2 N–H and O–H groups in total. The highest BCUT2D eigenvalue weighted by atomic mass is 35.5. The van der Waals surface area contributed by atoms with E-state index in [1.807, 2.05) is 18.2 Å². The fraction of sp³-hybridized carbons (Fsp3) is 0.0556. The van der Waals surface area contributed by atoms with Crippen LogP contribution in [0, 0.1) is 5.82 Å². The van der Waals surface area contributed by atoms with Crippen LogP contribution >= 0.6 is 11.6 Å². The van der Waals surface area contributed by atoms with Crippen molar-refractivity contribution in [1.82, 2.24) is 10.2 Å². The molecule has 0 saturated heterocycles. The molecule has 0 amide bonds. The molecule has 0 aliphatic heterocycles. The molecule has 3 rings (SSSR count). The van der Waals surface area contributed by atoms with Gasteiger partial charge in [0.05, 0.1) is 12.4 Å². The first-order chi connectivity index (χ1) is 12.6. The smallest absolute Gasteiger partial charge is 0.285 e. The number of hydrogen-bond donors (Lipinski definition) is 2. The predicted molar refractivity (Wildman–Crippen MR) is 98.3 cm³/mol. The first-order valence-corrected chi connectivity index (χ1v) is 7.99. The SMILES string of the molecule is O=c1[nH]ncc(N/N=C/c2cccc(OCc3ccc(F)cc3)c2)c1Cl. The van der Waals surface area contributed by atoms with E-state index in [4.69, 9.17) is 16.3 Å². The standard InChI is InChI=1S/C18H14ClFN4O2/c19-17-16(10-22-24-18(17)25)23-21-9-13-2-1-3-15(8-13)26-11-12-4-6-14(20)7-5-12/h1-10H,11H2,(H2,23,24,25)/b21-9+. The summed E-state index contributed by atoms with van der Waals surface area (Å²) >= 11 is 5.85. The molecule has 0 bridgehead atoms. The van der Waals surface area contributed by atoms with E-state index in [-0.39, 0.29) is 10.8 Å². The third-order valence-corrected chi connectivity index (χ3v) is 3.75. The summed E-state index contributed by atoms with van der Waals surface area (Å²) in [7, 11) is 0. The Bertz CT molecular complexity index is 973. The number of anilines is 1. The zero-order valence-electron chi connectivity index (χ0n) is 13.4. The number of hydrazone groups is 1. The van der Waals surface area contributed by atoms with Crippen LogP contribution < -0.4 is 15.7 Å². The van der Waals surface area contributed by atoms with Crippen LogP contribution in [0.1, 0.15) is 11.1 Å². The minimum atomic E-state index is -0.497. The van der Waals surface area contributed by atoms with E-state index in [2.05, 4.69) is 20.7 Å². The van der Waals surface area contributed by atoms with Gasteiger partial charge >= 0.3 is 0 Å². The Kier molecular flexibility index (Phi) is 5.60. The van der Waals surface area contributed by atoms with E-state index in [1.165, 1.54) is 18.3 Å². The molecule has 6 nitrogen and oxygen atoms in total. The van der Waals surface area contributed by atoms with Gasteiger partial charge in [-0.05, 0) is 35.4 Å². The number of nitrogens with one attached hydrogen (secondary N) is 2. The van der Waals surface area contributed by atoms with Crippen LogP contribution in [0.4, 0.5) is 10.1 Å². The summed E-state index contributed by atoms with van der Waals surface area (Å²) in [4.78, 5) is 11.3. The highest BCUT2D eigenvalue weighted by molar-refractivity contribution is 6.32.